The Hall–Kier alpha value is -3.29. The third-order valence-corrected chi connectivity index (χ3v) is 7.01. The molecular formula is C30H31NO4S2. The van der Waals surface area contributed by atoms with Crippen molar-refractivity contribution in [1.82, 2.24) is 0 Å². The van der Waals surface area contributed by atoms with E-state index in [9.17, 15) is 4.79 Å². The zero-order valence-corrected chi connectivity index (χ0v) is 23.2. The number of para-hydroxylation sites is 1. The Balaban J connectivity index is 1.39. The van der Waals surface area contributed by atoms with E-state index in [2.05, 4.69) is 32.9 Å². The molecule has 0 bridgehead atoms. The number of ether oxygens (including phenoxy) is 3. The number of rotatable bonds is 9. The molecule has 0 aromatic heterocycles. The molecule has 0 unspecified atom stereocenters. The van der Waals surface area contributed by atoms with Crippen LogP contribution in [-0.2, 0) is 10.2 Å². The van der Waals surface area contributed by atoms with Gasteiger partial charge in [-0.3, -0.25) is 9.69 Å². The minimum atomic E-state index is -0.132. The summed E-state index contributed by atoms with van der Waals surface area (Å²) < 4.78 is 18.1. The van der Waals surface area contributed by atoms with Gasteiger partial charge in [0, 0.05) is 0 Å². The number of amides is 1. The summed E-state index contributed by atoms with van der Waals surface area (Å²) in [5, 5.41) is 0. The Morgan fingerprint density at radius 1 is 0.892 bits per heavy atom. The molecule has 3 aromatic carbocycles. The number of benzene rings is 3. The average molecular weight is 534 g/mol. The number of hydrogen-bond acceptors (Lipinski definition) is 6. The maximum absolute atomic E-state index is 13.0. The Morgan fingerprint density at radius 3 is 2.27 bits per heavy atom. The Bertz CT molecular complexity index is 1280. The zero-order valence-electron chi connectivity index (χ0n) is 21.5. The van der Waals surface area contributed by atoms with Crippen LogP contribution >= 0.6 is 24.0 Å². The molecule has 0 aliphatic carbocycles. The average Bonchev–Trinajstić information content (AvgIpc) is 3.15. The van der Waals surface area contributed by atoms with E-state index in [-0.39, 0.29) is 11.3 Å². The van der Waals surface area contributed by atoms with Crippen LogP contribution in [-0.4, -0.2) is 30.0 Å². The number of thiocarbonyl (C=S) groups is 1. The predicted octanol–water partition coefficient (Wildman–Crippen LogP) is 7.25. The fourth-order valence-corrected chi connectivity index (χ4v) is 5.08. The lowest BCUT2D eigenvalue weighted by Crippen LogP contribution is -2.27. The van der Waals surface area contributed by atoms with Crippen molar-refractivity contribution < 1.29 is 19.0 Å². The number of hydrogen-bond donors (Lipinski definition) is 0. The van der Waals surface area contributed by atoms with Gasteiger partial charge in [0.2, 0.25) is 0 Å². The first kappa shape index (κ1) is 26.8. The molecule has 0 saturated carbocycles. The topological polar surface area (TPSA) is 48.0 Å². The summed E-state index contributed by atoms with van der Waals surface area (Å²) in [5.74, 6) is 1.92. The highest BCUT2D eigenvalue weighted by Crippen LogP contribution is 2.37. The maximum Gasteiger partial charge on any atom is 0.270 e. The molecule has 1 amide bonds. The second kappa shape index (κ2) is 11.8. The predicted molar refractivity (Wildman–Crippen MR) is 156 cm³/mol. The minimum absolute atomic E-state index is 0.107. The van der Waals surface area contributed by atoms with Crippen molar-refractivity contribution in [1.29, 1.82) is 0 Å². The monoisotopic (exact) mass is 533 g/mol. The summed E-state index contributed by atoms with van der Waals surface area (Å²) in [4.78, 5) is 15.2. The maximum atomic E-state index is 13.0. The summed E-state index contributed by atoms with van der Waals surface area (Å²) >= 11 is 6.76. The van der Waals surface area contributed by atoms with Gasteiger partial charge in [0.25, 0.3) is 5.91 Å². The lowest BCUT2D eigenvalue weighted by Gasteiger charge is -2.19. The fraction of sp³-hybridized carbons (Fsp3) is 0.267. The third-order valence-electron chi connectivity index (χ3n) is 5.70. The normalized spacial score (nSPS) is 14.8. The van der Waals surface area contributed by atoms with E-state index in [0.717, 1.165) is 17.0 Å². The highest BCUT2D eigenvalue weighted by Gasteiger charge is 2.33. The second-order valence-electron chi connectivity index (χ2n) is 9.46. The standard InChI is InChI=1S/C30H31NO4S2/c1-5-33-26-19-21(20-27-28(32)31(29(36)37-27)23-9-7-6-8-10-23)11-16-25(26)35-18-17-34-24-14-12-22(13-15-24)30(2,3)4/h6-16,19-20H,5,17-18H2,1-4H3/b27-20+. The van der Waals surface area contributed by atoms with Gasteiger partial charge >= 0.3 is 0 Å². The van der Waals surface area contributed by atoms with Gasteiger partial charge in [-0.15, -0.1) is 0 Å². The van der Waals surface area contributed by atoms with Gasteiger partial charge < -0.3 is 14.2 Å². The van der Waals surface area contributed by atoms with Crippen molar-refractivity contribution >= 4 is 46.0 Å². The van der Waals surface area contributed by atoms with E-state index in [1.807, 2.05) is 73.7 Å². The van der Waals surface area contributed by atoms with E-state index >= 15 is 0 Å². The summed E-state index contributed by atoms with van der Waals surface area (Å²) in [6.45, 7) is 9.76. The Labute approximate surface area is 228 Å². The highest BCUT2D eigenvalue weighted by molar-refractivity contribution is 8.27. The van der Waals surface area contributed by atoms with E-state index < -0.39 is 0 Å². The first-order chi connectivity index (χ1) is 17.8. The summed E-state index contributed by atoms with van der Waals surface area (Å²) in [5.41, 5.74) is 2.97. The van der Waals surface area contributed by atoms with Crippen LogP contribution in [0.2, 0.25) is 0 Å². The number of nitrogens with zero attached hydrogens (tertiary/aromatic N) is 1. The first-order valence-electron chi connectivity index (χ1n) is 12.2. The van der Waals surface area contributed by atoms with Crippen molar-refractivity contribution in [2.45, 2.75) is 33.1 Å². The molecule has 1 aliphatic rings. The third kappa shape index (κ3) is 6.73. The molecule has 0 spiro atoms. The largest absolute Gasteiger partial charge is 0.490 e. The van der Waals surface area contributed by atoms with Crippen LogP contribution in [0.25, 0.3) is 6.08 Å². The number of carbonyl (C=O) groups is 1. The second-order valence-corrected chi connectivity index (χ2v) is 11.1. The number of thioether (sulfide) groups is 1. The molecule has 0 atom stereocenters. The van der Waals surface area contributed by atoms with Gasteiger partial charge in [-0.05, 0) is 65.9 Å². The van der Waals surface area contributed by atoms with Gasteiger partial charge in [-0.25, -0.2) is 0 Å². The molecule has 0 N–H and O–H groups in total. The van der Waals surface area contributed by atoms with Gasteiger partial charge in [0.1, 0.15) is 19.0 Å². The Kier molecular flexibility index (Phi) is 8.56. The van der Waals surface area contributed by atoms with Crippen molar-refractivity contribution in [2.24, 2.45) is 0 Å². The summed E-state index contributed by atoms with van der Waals surface area (Å²) in [6.07, 6.45) is 1.83. The molecule has 1 saturated heterocycles. The highest BCUT2D eigenvalue weighted by atomic mass is 32.2. The molecule has 37 heavy (non-hydrogen) atoms. The van der Waals surface area contributed by atoms with Crippen LogP contribution in [0, 0.1) is 0 Å². The van der Waals surface area contributed by atoms with Crippen molar-refractivity contribution in [3.63, 3.8) is 0 Å². The molecular weight excluding hydrogens is 502 g/mol. The number of carbonyl (C=O) groups excluding carboxylic acids is 1. The number of anilines is 1. The van der Waals surface area contributed by atoms with E-state index in [1.54, 1.807) is 4.90 Å². The van der Waals surface area contributed by atoms with E-state index in [1.165, 1.54) is 17.3 Å². The molecule has 1 heterocycles. The quantitative estimate of drug-likeness (QED) is 0.164. The smallest absolute Gasteiger partial charge is 0.270 e. The molecule has 192 valence electrons. The van der Waals surface area contributed by atoms with Crippen LogP contribution in [0.15, 0.2) is 77.7 Å². The van der Waals surface area contributed by atoms with Gasteiger partial charge in [-0.1, -0.05) is 81.1 Å². The molecule has 4 rings (SSSR count). The zero-order chi connectivity index (χ0) is 26.4. The van der Waals surface area contributed by atoms with Crippen molar-refractivity contribution in [3.8, 4) is 17.2 Å². The Morgan fingerprint density at radius 2 is 1.59 bits per heavy atom. The van der Waals surface area contributed by atoms with Crippen LogP contribution in [0.1, 0.15) is 38.8 Å². The van der Waals surface area contributed by atoms with Gasteiger partial charge in [0.05, 0.1) is 17.2 Å². The van der Waals surface area contributed by atoms with E-state index in [4.69, 9.17) is 26.4 Å². The molecule has 0 radical (unpaired) electrons. The molecule has 7 heteroatoms. The van der Waals surface area contributed by atoms with Crippen LogP contribution in [0.3, 0.4) is 0 Å². The van der Waals surface area contributed by atoms with Crippen LogP contribution in [0.5, 0.6) is 17.2 Å². The van der Waals surface area contributed by atoms with Crippen LogP contribution < -0.4 is 19.1 Å². The van der Waals surface area contributed by atoms with Crippen molar-refractivity contribution in [2.75, 3.05) is 24.7 Å². The lowest BCUT2D eigenvalue weighted by atomic mass is 9.87. The summed E-state index contributed by atoms with van der Waals surface area (Å²) in [6, 6.07) is 23.2. The molecule has 1 aliphatic heterocycles. The summed E-state index contributed by atoms with van der Waals surface area (Å²) in [7, 11) is 0. The first-order valence-corrected chi connectivity index (χ1v) is 13.4. The van der Waals surface area contributed by atoms with E-state index in [0.29, 0.717) is 40.5 Å². The van der Waals surface area contributed by atoms with Crippen molar-refractivity contribution in [3.05, 3.63) is 88.8 Å². The molecule has 5 nitrogen and oxygen atoms in total. The minimum Gasteiger partial charge on any atom is -0.490 e. The molecule has 3 aromatic rings. The SMILES string of the molecule is CCOc1cc(/C=C2/SC(=S)N(c3ccccc3)C2=O)ccc1OCCOc1ccc(C(C)(C)C)cc1. The van der Waals surface area contributed by atoms with Gasteiger partial charge in [-0.2, -0.15) is 0 Å². The fourth-order valence-electron chi connectivity index (χ4n) is 3.78. The van der Waals surface area contributed by atoms with Crippen LogP contribution in [0.4, 0.5) is 5.69 Å². The molecule has 1 fully saturated rings. The van der Waals surface area contributed by atoms with Gasteiger partial charge in [0.15, 0.2) is 15.8 Å². The lowest BCUT2D eigenvalue weighted by molar-refractivity contribution is -0.113.